The fraction of sp³-hybridized carbons (Fsp3) is 0.524. The Hall–Kier alpha value is -2.34. The summed E-state index contributed by atoms with van der Waals surface area (Å²) in [7, 11) is 2.18. The van der Waals surface area contributed by atoms with Gasteiger partial charge in [0, 0.05) is 55.4 Å². The molecule has 0 spiro atoms. The molecule has 1 aliphatic carbocycles. The molecule has 0 bridgehead atoms. The Labute approximate surface area is 162 Å². The van der Waals surface area contributed by atoms with E-state index in [0.717, 1.165) is 43.4 Å². The largest absolute Gasteiger partial charge is 0.369 e. The average molecular weight is 367 g/mol. The third-order valence-corrected chi connectivity index (χ3v) is 5.55. The topological polar surface area (TPSA) is 56.3 Å². The van der Waals surface area contributed by atoms with Gasteiger partial charge in [0.25, 0.3) is 0 Å². The molecule has 2 N–H and O–H groups in total. The molecule has 6 nitrogen and oxygen atoms in total. The van der Waals surface area contributed by atoms with Crippen molar-refractivity contribution in [3.8, 4) is 0 Å². The van der Waals surface area contributed by atoms with E-state index in [2.05, 4.69) is 61.7 Å². The molecule has 6 heteroatoms. The Morgan fingerprint density at radius 1 is 0.963 bits per heavy atom. The minimum Gasteiger partial charge on any atom is -0.369 e. The number of likely N-dealkylation sites (N-methyl/N-ethyl adjacent to an activating group) is 1. The first-order valence-electron chi connectivity index (χ1n) is 10.1. The zero-order valence-electron chi connectivity index (χ0n) is 16.4. The van der Waals surface area contributed by atoms with Crippen LogP contribution in [-0.2, 0) is 0 Å². The number of hydrogen-bond acceptors (Lipinski definition) is 6. The van der Waals surface area contributed by atoms with Crippen LogP contribution in [0.4, 0.5) is 23.1 Å². The summed E-state index contributed by atoms with van der Waals surface area (Å²) in [6.45, 7) is 6.42. The van der Waals surface area contributed by atoms with E-state index < -0.39 is 0 Å². The SMILES string of the molecule is Cc1cc(NC2CCCC2)nc(Nc2ccc(N3CCN(C)CC3)cc2)n1. The second-order valence-corrected chi connectivity index (χ2v) is 7.81. The first-order chi connectivity index (χ1) is 13.2. The van der Waals surface area contributed by atoms with Gasteiger partial charge in [-0.1, -0.05) is 12.8 Å². The van der Waals surface area contributed by atoms with E-state index in [4.69, 9.17) is 0 Å². The van der Waals surface area contributed by atoms with Gasteiger partial charge in [0.1, 0.15) is 5.82 Å². The molecule has 0 atom stereocenters. The lowest BCUT2D eigenvalue weighted by Gasteiger charge is -2.34. The number of rotatable bonds is 5. The van der Waals surface area contributed by atoms with E-state index >= 15 is 0 Å². The highest BCUT2D eigenvalue weighted by atomic mass is 15.2. The van der Waals surface area contributed by atoms with Gasteiger partial charge in [-0.15, -0.1) is 0 Å². The van der Waals surface area contributed by atoms with Crippen LogP contribution in [0.5, 0.6) is 0 Å². The maximum atomic E-state index is 4.66. The predicted octanol–water partition coefficient (Wildman–Crippen LogP) is 3.63. The van der Waals surface area contributed by atoms with Gasteiger partial charge in [-0.3, -0.25) is 0 Å². The Morgan fingerprint density at radius 3 is 2.37 bits per heavy atom. The van der Waals surface area contributed by atoms with Crippen molar-refractivity contribution in [1.82, 2.24) is 14.9 Å². The Bertz CT molecular complexity index is 746. The summed E-state index contributed by atoms with van der Waals surface area (Å²) in [4.78, 5) is 14.0. The van der Waals surface area contributed by atoms with Crippen molar-refractivity contribution in [1.29, 1.82) is 0 Å². The molecule has 0 amide bonds. The molecular formula is C21H30N6. The molecule has 1 saturated heterocycles. The van der Waals surface area contributed by atoms with Gasteiger partial charge in [-0.05, 0) is 51.1 Å². The van der Waals surface area contributed by atoms with Crippen molar-refractivity contribution in [2.24, 2.45) is 0 Å². The maximum Gasteiger partial charge on any atom is 0.229 e. The van der Waals surface area contributed by atoms with Crippen LogP contribution in [0.3, 0.4) is 0 Å². The Morgan fingerprint density at radius 2 is 1.67 bits per heavy atom. The Balaban J connectivity index is 1.41. The first-order valence-corrected chi connectivity index (χ1v) is 10.1. The standard InChI is InChI=1S/C21H30N6/c1-16-15-20(23-17-5-3-4-6-17)25-21(22-16)24-18-7-9-19(10-8-18)27-13-11-26(2)12-14-27/h7-10,15,17H,3-6,11-14H2,1-2H3,(H2,22,23,24,25). The molecule has 1 saturated carbocycles. The van der Waals surface area contributed by atoms with Crippen molar-refractivity contribution >= 4 is 23.1 Å². The summed E-state index contributed by atoms with van der Waals surface area (Å²) in [6, 6.07) is 11.2. The van der Waals surface area contributed by atoms with Gasteiger partial charge in [0.2, 0.25) is 5.95 Å². The fourth-order valence-corrected chi connectivity index (χ4v) is 3.93. The lowest BCUT2D eigenvalue weighted by atomic mass is 10.2. The number of nitrogens with zero attached hydrogens (tertiary/aromatic N) is 4. The molecule has 27 heavy (non-hydrogen) atoms. The van der Waals surface area contributed by atoms with Gasteiger partial charge in [0.15, 0.2) is 0 Å². The second-order valence-electron chi connectivity index (χ2n) is 7.81. The van der Waals surface area contributed by atoms with Crippen LogP contribution in [0.25, 0.3) is 0 Å². The fourth-order valence-electron chi connectivity index (χ4n) is 3.93. The van der Waals surface area contributed by atoms with E-state index in [1.807, 2.05) is 13.0 Å². The van der Waals surface area contributed by atoms with Gasteiger partial charge in [-0.2, -0.15) is 4.98 Å². The maximum absolute atomic E-state index is 4.66. The van der Waals surface area contributed by atoms with Crippen molar-refractivity contribution < 1.29 is 0 Å². The number of benzene rings is 1. The molecule has 0 radical (unpaired) electrons. The molecule has 1 aliphatic heterocycles. The number of nitrogens with one attached hydrogen (secondary N) is 2. The predicted molar refractivity (Wildman–Crippen MR) is 112 cm³/mol. The molecule has 2 aromatic rings. The Kier molecular flexibility index (Phi) is 5.43. The van der Waals surface area contributed by atoms with E-state index in [1.54, 1.807) is 0 Å². The smallest absolute Gasteiger partial charge is 0.229 e. The van der Waals surface area contributed by atoms with Gasteiger partial charge in [0.05, 0.1) is 0 Å². The lowest BCUT2D eigenvalue weighted by Crippen LogP contribution is -2.44. The molecule has 1 aromatic carbocycles. The van der Waals surface area contributed by atoms with Crippen LogP contribution >= 0.6 is 0 Å². The van der Waals surface area contributed by atoms with Crippen LogP contribution in [-0.4, -0.2) is 54.1 Å². The number of piperazine rings is 1. The molecule has 2 aliphatic rings. The molecule has 144 valence electrons. The van der Waals surface area contributed by atoms with Crippen LogP contribution in [0.1, 0.15) is 31.4 Å². The monoisotopic (exact) mass is 366 g/mol. The molecule has 1 aromatic heterocycles. The second kappa shape index (κ2) is 8.13. The van der Waals surface area contributed by atoms with Crippen molar-refractivity contribution in [2.75, 3.05) is 48.8 Å². The minimum atomic E-state index is 0.551. The highest BCUT2D eigenvalue weighted by molar-refractivity contribution is 5.60. The molecular weight excluding hydrogens is 336 g/mol. The molecule has 4 rings (SSSR count). The summed E-state index contributed by atoms with van der Waals surface area (Å²) < 4.78 is 0. The third kappa shape index (κ3) is 4.69. The van der Waals surface area contributed by atoms with Gasteiger partial charge in [-0.25, -0.2) is 4.98 Å². The highest BCUT2D eigenvalue weighted by Crippen LogP contribution is 2.24. The summed E-state index contributed by atoms with van der Waals surface area (Å²) in [5.41, 5.74) is 3.27. The number of aryl methyl sites for hydroxylation is 1. The summed E-state index contributed by atoms with van der Waals surface area (Å²) in [6.07, 6.45) is 5.10. The third-order valence-electron chi connectivity index (χ3n) is 5.55. The number of hydrogen-bond donors (Lipinski definition) is 2. The van der Waals surface area contributed by atoms with Crippen LogP contribution < -0.4 is 15.5 Å². The number of anilines is 4. The van der Waals surface area contributed by atoms with Crippen LogP contribution in [0.2, 0.25) is 0 Å². The summed E-state index contributed by atoms with van der Waals surface area (Å²) >= 11 is 0. The van der Waals surface area contributed by atoms with Crippen LogP contribution in [0, 0.1) is 6.92 Å². The quantitative estimate of drug-likeness (QED) is 0.843. The highest BCUT2D eigenvalue weighted by Gasteiger charge is 2.16. The molecule has 2 heterocycles. The summed E-state index contributed by atoms with van der Waals surface area (Å²) in [5.74, 6) is 1.58. The van der Waals surface area contributed by atoms with E-state index in [1.165, 1.54) is 31.4 Å². The van der Waals surface area contributed by atoms with Gasteiger partial charge < -0.3 is 20.4 Å². The van der Waals surface area contributed by atoms with Crippen molar-refractivity contribution in [3.63, 3.8) is 0 Å². The number of aromatic nitrogens is 2. The summed E-state index contributed by atoms with van der Waals surface area (Å²) in [5, 5.41) is 6.92. The minimum absolute atomic E-state index is 0.551. The van der Waals surface area contributed by atoms with E-state index in [9.17, 15) is 0 Å². The van der Waals surface area contributed by atoms with E-state index in [-0.39, 0.29) is 0 Å². The first kappa shape index (κ1) is 18.0. The lowest BCUT2D eigenvalue weighted by molar-refractivity contribution is 0.313. The molecule has 0 unspecified atom stereocenters. The van der Waals surface area contributed by atoms with Gasteiger partial charge >= 0.3 is 0 Å². The zero-order valence-corrected chi connectivity index (χ0v) is 16.4. The normalized spacial score (nSPS) is 18.7. The van der Waals surface area contributed by atoms with Crippen molar-refractivity contribution in [3.05, 3.63) is 36.0 Å². The molecule has 2 fully saturated rings. The van der Waals surface area contributed by atoms with Crippen LogP contribution in [0.15, 0.2) is 30.3 Å². The zero-order chi connectivity index (χ0) is 18.6. The average Bonchev–Trinajstić information content (AvgIpc) is 3.16. The van der Waals surface area contributed by atoms with E-state index in [0.29, 0.717) is 12.0 Å². The van der Waals surface area contributed by atoms with Crippen molar-refractivity contribution in [2.45, 2.75) is 38.6 Å².